The van der Waals surface area contributed by atoms with E-state index in [2.05, 4.69) is 5.32 Å². The van der Waals surface area contributed by atoms with Crippen LogP contribution in [0.2, 0.25) is 5.02 Å². The van der Waals surface area contributed by atoms with Crippen LogP contribution in [0.25, 0.3) is 0 Å². The molecule has 1 rings (SSSR count). The van der Waals surface area contributed by atoms with Crippen molar-refractivity contribution in [3.63, 3.8) is 0 Å². The quantitative estimate of drug-likeness (QED) is 0.122. The van der Waals surface area contributed by atoms with Gasteiger partial charge in [-0.05, 0) is 43.2 Å². The number of hydroxylamine groups is 1. The van der Waals surface area contributed by atoms with Crippen molar-refractivity contribution in [2.45, 2.75) is 48.1 Å². The van der Waals surface area contributed by atoms with Crippen molar-refractivity contribution in [2.75, 3.05) is 13.7 Å². The molecule has 0 aliphatic heterocycles. The largest absolute Gasteiger partial charge is 0.496 e. The lowest BCUT2D eigenvalue weighted by Crippen LogP contribution is -2.15. The van der Waals surface area contributed by atoms with E-state index < -0.39 is 5.91 Å². The van der Waals surface area contributed by atoms with Gasteiger partial charge in [0.15, 0.2) is 0 Å². The molecule has 1 aromatic carbocycles. The number of allylic oxidation sites excluding steroid dienone is 5. The summed E-state index contributed by atoms with van der Waals surface area (Å²) in [6.07, 6.45) is 12.3. The third kappa shape index (κ3) is 14.4. The van der Waals surface area contributed by atoms with Gasteiger partial charge in [0.05, 0.1) is 7.11 Å². The van der Waals surface area contributed by atoms with E-state index in [1.807, 2.05) is 90.1 Å². The van der Waals surface area contributed by atoms with Crippen LogP contribution in [-0.4, -0.2) is 24.8 Å². The van der Waals surface area contributed by atoms with Gasteiger partial charge < -0.3 is 10.1 Å². The number of halogens is 1. The normalized spacial score (nSPS) is 12.1. The first-order valence-electron chi connectivity index (χ1n) is 10.9. The van der Waals surface area contributed by atoms with Crippen molar-refractivity contribution in [3.05, 3.63) is 94.3 Å². The van der Waals surface area contributed by atoms with Gasteiger partial charge in [-0.3, -0.25) is 10.0 Å². The molecule has 1 aromatic rings. The number of methoxy groups -OCH3 is 1. The minimum absolute atomic E-state index is 0.600. The van der Waals surface area contributed by atoms with E-state index in [-0.39, 0.29) is 0 Å². The fraction of sp³-hybridized carbons (Fsp3) is 0.346. The predicted molar refractivity (Wildman–Crippen MR) is 137 cm³/mol. The number of nitrogens with one attached hydrogen (secondary N) is 2. The Morgan fingerprint density at radius 1 is 1.09 bits per heavy atom. The van der Waals surface area contributed by atoms with Gasteiger partial charge >= 0.3 is 0 Å². The molecule has 3 N–H and O–H groups in total. The van der Waals surface area contributed by atoms with Gasteiger partial charge in [0, 0.05) is 29.8 Å². The Bertz CT molecular complexity index is 794. The van der Waals surface area contributed by atoms with Crippen LogP contribution in [0.3, 0.4) is 0 Å². The number of rotatable bonds is 10. The SMILES string of the molecule is CC.CC.C\C=C(/C=C\C(=C/C)C(=C\C=C\C(=O)NO)\OC)CNCc1cccc(Cl)c1. The van der Waals surface area contributed by atoms with Crippen molar-refractivity contribution in [2.24, 2.45) is 0 Å². The number of carbonyl (C=O) groups is 1. The Labute approximate surface area is 199 Å². The fourth-order valence-electron chi connectivity index (χ4n) is 2.32. The van der Waals surface area contributed by atoms with Crippen LogP contribution >= 0.6 is 11.6 Å². The molecule has 32 heavy (non-hydrogen) atoms. The van der Waals surface area contributed by atoms with Crippen molar-refractivity contribution >= 4 is 17.5 Å². The average molecular weight is 463 g/mol. The van der Waals surface area contributed by atoms with E-state index in [1.54, 1.807) is 13.2 Å². The second kappa shape index (κ2) is 21.6. The van der Waals surface area contributed by atoms with Gasteiger partial charge in [-0.1, -0.05) is 81.8 Å². The van der Waals surface area contributed by atoms with E-state index in [0.717, 1.165) is 28.3 Å². The summed E-state index contributed by atoms with van der Waals surface area (Å²) in [5.74, 6) is -0.00525. The zero-order valence-corrected chi connectivity index (χ0v) is 21.2. The summed E-state index contributed by atoms with van der Waals surface area (Å²) in [6.45, 7) is 13.3. The first kappa shape index (κ1) is 31.6. The van der Waals surface area contributed by atoms with Crippen LogP contribution in [-0.2, 0) is 16.1 Å². The summed E-state index contributed by atoms with van der Waals surface area (Å²) in [6, 6.07) is 7.77. The molecule has 0 saturated carbocycles. The van der Waals surface area contributed by atoms with Crippen LogP contribution in [0, 0.1) is 0 Å². The smallest absolute Gasteiger partial charge is 0.267 e. The van der Waals surface area contributed by atoms with Crippen LogP contribution in [0.1, 0.15) is 47.1 Å². The molecule has 0 unspecified atom stereocenters. The Morgan fingerprint density at radius 3 is 2.31 bits per heavy atom. The highest BCUT2D eigenvalue weighted by Gasteiger charge is 2.01. The summed E-state index contributed by atoms with van der Waals surface area (Å²) in [5.41, 5.74) is 4.65. The number of hydrogen-bond donors (Lipinski definition) is 3. The second-order valence-corrected chi connectivity index (χ2v) is 6.18. The maximum atomic E-state index is 11.0. The monoisotopic (exact) mass is 462 g/mol. The number of hydrogen-bond acceptors (Lipinski definition) is 4. The van der Waals surface area contributed by atoms with Crippen LogP contribution in [0.4, 0.5) is 0 Å². The van der Waals surface area contributed by atoms with Gasteiger partial charge in [0.25, 0.3) is 5.91 Å². The Balaban J connectivity index is 0. The summed E-state index contributed by atoms with van der Waals surface area (Å²) >= 11 is 6.01. The number of amides is 1. The van der Waals surface area contributed by atoms with E-state index in [4.69, 9.17) is 21.5 Å². The molecule has 6 heteroatoms. The number of ether oxygens (including phenoxy) is 1. The zero-order chi connectivity index (χ0) is 24.8. The Kier molecular flexibility index (Phi) is 21.3. The zero-order valence-electron chi connectivity index (χ0n) is 20.4. The highest BCUT2D eigenvalue weighted by atomic mass is 35.5. The highest BCUT2D eigenvalue weighted by molar-refractivity contribution is 6.30. The van der Waals surface area contributed by atoms with Crippen LogP contribution < -0.4 is 10.8 Å². The summed E-state index contributed by atoms with van der Waals surface area (Å²) < 4.78 is 5.38. The van der Waals surface area contributed by atoms with Gasteiger partial charge in [-0.15, -0.1) is 0 Å². The van der Waals surface area contributed by atoms with Crippen LogP contribution in [0.15, 0.2) is 83.7 Å². The molecule has 5 nitrogen and oxygen atoms in total. The van der Waals surface area contributed by atoms with E-state index in [1.165, 1.54) is 17.6 Å². The maximum absolute atomic E-state index is 11.0. The van der Waals surface area contributed by atoms with Crippen molar-refractivity contribution < 1.29 is 14.7 Å². The lowest BCUT2D eigenvalue weighted by Gasteiger charge is -2.08. The van der Waals surface area contributed by atoms with Crippen molar-refractivity contribution in [3.8, 4) is 0 Å². The lowest BCUT2D eigenvalue weighted by atomic mass is 10.1. The molecule has 0 fully saturated rings. The first-order valence-corrected chi connectivity index (χ1v) is 11.2. The first-order chi connectivity index (χ1) is 15.5. The third-order valence-electron chi connectivity index (χ3n) is 3.82. The molecule has 0 aliphatic carbocycles. The third-order valence-corrected chi connectivity index (χ3v) is 4.05. The Morgan fingerprint density at radius 2 is 1.78 bits per heavy atom. The minimum Gasteiger partial charge on any atom is -0.496 e. The summed E-state index contributed by atoms with van der Waals surface area (Å²) in [4.78, 5) is 11.0. The fourth-order valence-corrected chi connectivity index (χ4v) is 2.53. The van der Waals surface area contributed by atoms with E-state index in [0.29, 0.717) is 12.3 Å². The molecule has 0 bridgehead atoms. The van der Waals surface area contributed by atoms with Crippen LogP contribution in [0.5, 0.6) is 0 Å². The standard InChI is InChI=1S/C22H27ClN2O3.2C2H6/c1-4-17(15-24-16-18-8-6-9-20(23)14-18)12-13-19(5-2)21(28-3)10-7-11-22(26)25-27;2*1-2/h4-14,24,27H,15-16H2,1-3H3,(H,25,26);2*1-2H3/b11-7+,13-12-,17-4+,19-5+,21-10-;;. The van der Waals surface area contributed by atoms with E-state index >= 15 is 0 Å². The average Bonchev–Trinajstić information content (AvgIpc) is 2.84. The molecule has 1 amide bonds. The summed E-state index contributed by atoms with van der Waals surface area (Å²) in [5, 5.41) is 12.6. The molecule has 178 valence electrons. The van der Waals surface area contributed by atoms with Gasteiger partial charge in [-0.25, -0.2) is 5.48 Å². The van der Waals surface area contributed by atoms with Crippen molar-refractivity contribution in [1.82, 2.24) is 10.8 Å². The second-order valence-electron chi connectivity index (χ2n) is 5.74. The summed E-state index contributed by atoms with van der Waals surface area (Å²) in [7, 11) is 1.56. The molecular formula is C26H39ClN2O3. The Hall–Kier alpha value is -2.60. The molecule has 0 heterocycles. The molecule has 0 saturated heterocycles. The molecule has 0 spiro atoms. The number of benzene rings is 1. The topological polar surface area (TPSA) is 70.6 Å². The molecule has 0 atom stereocenters. The van der Waals surface area contributed by atoms with E-state index in [9.17, 15) is 4.79 Å². The minimum atomic E-state index is -0.605. The maximum Gasteiger partial charge on any atom is 0.267 e. The molecule has 0 aliphatic rings. The van der Waals surface area contributed by atoms with Gasteiger partial charge in [-0.2, -0.15) is 0 Å². The van der Waals surface area contributed by atoms with Gasteiger partial charge in [0.2, 0.25) is 0 Å². The highest BCUT2D eigenvalue weighted by Crippen LogP contribution is 2.14. The van der Waals surface area contributed by atoms with Crippen molar-refractivity contribution in [1.29, 1.82) is 0 Å². The molecule has 0 aromatic heterocycles. The van der Waals surface area contributed by atoms with Gasteiger partial charge in [0.1, 0.15) is 5.76 Å². The predicted octanol–water partition coefficient (Wildman–Crippen LogP) is 6.52. The molecule has 0 radical (unpaired) electrons. The molecular weight excluding hydrogens is 424 g/mol. The lowest BCUT2D eigenvalue weighted by molar-refractivity contribution is -0.124. The number of carbonyl (C=O) groups excluding carboxylic acids is 1.